The predicted molar refractivity (Wildman–Crippen MR) is 163 cm³/mol. The van der Waals surface area contributed by atoms with E-state index in [1.54, 1.807) is 23.0 Å². The molecule has 1 unspecified atom stereocenters. The monoisotopic (exact) mass is 616 g/mol. The van der Waals surface area contributed by atoms with E-state index >= 15 is 0 Å². The Morgan fingerprint density at radius 1 is 1.00 bits per heavy atom. The number of carbonyl (C=O) groups excluding carboxylic acids is 1. The summed E-state index contributed by atoms with van der Waals surface area (Å²) in [5, 5.41) is 4.59. The summed E-state index contributed by atoms with van der Waals surface area (Å²) < 4.78 is 60.0. The molecule has 2 fully saturated rings. The second-order valence-corrected chi connectivity index (χ2v) is 14.3. The van der Waals surface area contributed by atoms with Gasteiger partial charge in [0.1, 0.15) is 23.1 Å². The molecule has 2 aromatic heterocycles. The van der Waals surface area contributed by atoms with Crippen LogP contribution in [0.3, 0.4) is 0 Å². The van der Waals surface area contributed by atoms with Crippen molar-refractivity contribution in [2.45, 2.75) is 49.5 Å². The number of rotatable bonds is 8. The van der Waals surface area contributed by atoms with Crippen molar-refractivity contribution in [3.8, 4) is 5.69 Å². The number of fused-ring (bicyclic) bond motifs is 2. The summed E-state index contributed by atoms with van der Waals surface area (Å²) in [5.74, 6) is 2.94. The third-order valence-corrected chi connectivity index (χ3v) is 11.4. The van der Waals surface area contributed by atoms with Crippen molar-refractivity contribution >= 4 is 27.4 Å². The molecule has 0 N–H and O–H groups in total. The third-order valence-electron chi connectivity index (χ3n) is 9.20. The summed E-state index contributed by atoms with van der Waals surface area (Å²) in [7, 11) is -3.02. The second kappa shape index (κ2) is 10.9. The van der Waals surface area contributed by atoms with Crippen molar-refractivity contribution in [2.75, 3.05) is 6.54 Å². The molecule has 0 spiro atoms. The van der Waals surface area contributed by atoms with Crippen molar-refractivity contribution in [2.24, 2.45) is 11.3 Å². The van der Waals surface area contributed by atoms with Crippen LogP contribution in [0.2, 0.25) is 0 Å². The van der Waals surface area contributed by atoms with E-state index in [9.17, 15) is 22.2 Å². The molecule has 2 aromatic carbocycles. The first-order valence-electron chi connectivity index (χ1n) is 14.7. The number of halogens is 3. The fourth-order valence-electron chi connectivity index (χ4n) is 6.74. The molecule has 226 valence electrons. The van der Waals surface area contributed by atoms with Gasteiger partial charge in [-0.1, -0.05) is 5.57 Å². The quantitative estimate of drug-likeness (QED) is 0.169. The lowest BCUT2D eigenvalue weighted by atomic mass is 9.60. The molecule has 2 heterocycles. The van der Waals surface area contributed by atoms with Gasteiger partial charge >= 0.3 is 0 Å². The van der Waals surface area contributed by atoms with E-state index in [0.717, 1.165) is 29.7 Å². The number of Topliss-reactive ketones (excluding diaryl/α,β-unsaturated/α-hetero) is 1. The molecule has 0 radical (unpaired) electrons. The van der Waals surface area contributed by atoms with Crippen molar-refractivity contribution in [3.63, 3.8) is 0 Å². The molecular formula is C34H31F3N4O2S. The van der Waals surface area contributed by atoms with Gasteiger partial charge in [0.05, 0.1) is 32.7 Å². The highest BCUT2D eigenvalue weighted by atomic mass is 32.2. The van der Waals surface area contributed by atoms with Crippen LogP contribution >= 0.6 is 0 Å². The van der Waals surface area contributed by atoms with Gasteiger partial charge in [-0.15, -0.1) is 0 Å². The van der Waals surface area contributed by atoms with Gasteiger partial charge in [0, 0.05) is 29.7 Å². The molecule has 44 heavy (non-hydrogen) atoms. The third kappa shape index (κ3) is 5.09. The molecule has 0 amide bonds. The number of allylic oxidation sites excluding steroid dienone is 1. The average molecular weight is 617 g/mol. The molecule has 0 bridgehead atoms. The summed E-state index contributed by atoms with van der Waals surface area (Å²) in [5.41, 5.74) is 2.16. The van der Waals surface area contributed by atoms with Gasteiger partial charge in [-0.25, -0.2) is 26.4 Å². The minimum atomic E-state index is -3.02. The first-order chi connectivity index (χ1) is 21.1. The summed E-state index contributed by atoms with van der Waals surface area (Å²) in [6, 6.07) is 13.8. The predicted octanol–water partition coefficient (Wildman–Crippen LogP) is 6.45. The topological polar surface area (TPSA) is 68.1 Å². The van der Waals surface area contributed by atoms with Gasteiger partial charge in [-0.05, 0) is 117 Å². The van der Waals surface area contributed by atoms with Crippen molar-refractivity contribution < 1.29 is 22.2 Å². The van der Waals surface area contributed by atoms with E-state index in [0.29, 0.717) is 48.7 Å². The number of carbonyl (C=O) groups is 1. The maximum absolute atomic E-state index is 14.5. The van der Waals surface area contributed by atoms with Crippen molar-refractivity contribution in [3.05, 3.63) is 113 Å². The van der Waals surface area contributed by atoms with Gasteiger partial charge in [0.25, 0.3) is 0 Å². The summed E-state index contributed by atoms with van der Waals surface area (Å²) in [6.45, 7) is 0.555. The Hall–Kier alpha value is -4.02. The number of aromatic nitrogens is 3. The lowest BCUT2D eigenvalue weighted by Gasteiger charge is -2.47. The van der Waals surface area contributed by atoms with Gasteiger partial charge in [0.15, 0.2) is 5.78 Å². The second-order valence-electron chi connectivity index (χ2n) is 12.1. The van der Waals surface area contributed by atoms with E-state index < -0.39 is 26.8 Å². The zero-order valence-electron chi connectivity index (χ0n) is 24.0. The molecular weight excluding hydrogens is 585 g/mol. The summed E-state index contributed by atoms with van der Waals surface area (Å²) >= 11 is 0. The van der Waals surface area contributed by atoms with Crippen molar-refractivity contribution in [1.29, 1.82) is 0 Å². The van der Waals surface area contributed by atoms with Crippen LogP contribution in [0, 0.1) is 28.8 Å². The molecule has 3 atom stereocenters. The lowest BCUT2D eigenvalue weighted by molar-refractivity contribution is 0.0737. The summed E-state index contributed by atoms with van der Waals surface area (Å²) in [4.78, 5) is 19.2. The molecule has 3 aliphatic rings. The lowest BCUT2D eigenvalue weighted by Crippen LogP contribution is -2.51. The Balaban J connectivity index is 1.31. The maximum atomic E-state index is 14.5. The highest BCUT2D eigenvalue weighted by Crippen LogP contribution is 2.52. The molecule has 10 heteroatoms. The van der Waals surface area contributed by atoms with E-state index in [4.69, 9.17) is 0 Å². The zero-order chi connectivity index (χ0) is 30.6. The number of hydrogen-bond donors (Lipinski definition) is 0. The molecule has 0 aliphatic heterocycles. The molecule has 6 nitrogen and oxygen atoms in total. The van der Waals surface area contributed by atoms with E-state index in [2.05, 4.69) is 16.0 Å². The van der Waals surface area contributed by atoms with Gasteiger partial charge in [-0.3, -0.25) is 9.78 Å². The first kappa shape index (κ1) is 28.7. The van der Waals surface area contributed by atoms with Crippen molar-refractivity contribution in [1.82, 2.24) is 19.1 Å². The molecule has 2 saturated carbocycles. The zero-order valence-corrected chi connectivity index (χ0v) is 24.8. The molecule has 4 aromatic rings. The number of nitrogens with zero attached hydrogens (tertiary/aromatic N) is 4. The smallest absolute Gasteiger partial charge is 0.191 e. The Labute approximate surface area is 254 Å². The Kier molecular flexibility index (Phi) is 7.09. The highest BCUT2D eigenvalue weighted by molar-refractivity contribution is 7.98. The van der Waals surface area contributed by atoms with Crippen LogP contribution in [0.15, 0.2) is 83.5 Å². The van der Waals surface area contributed by atoms with Crippen LogP contribution in [0.1, 0.15) is 53.8 Å². The Bertz CT molecular complexity index is 1880. The number of benzene rings is 2. The minimum absolute atomic E-state index is 0.0357. The van der Waals surface area contributed by atoms with E-state index in [1.807, 2.05) is 10.4 Å². The van der Waals surface area contributed by atoms with E-state index in [1.165, 1.54) is 54.7 Å². The number of pyridine rings is 1. The van der Waals surface area contributed by atoms with Gasteiger partial charge < -0.3 is 0 Å². The van der Waals surface area contributed by atoms with Crippen LogP contribution in [0.4, 0.5) is 13.2 Å². The minimum Gasteiger partial charge on any atom is -0.291 e. The van der Waals surface area contributed by atoms with Gasteiger partial charge in [-0.2, -0.15) is 5.10 Å². The molecule has 0 saturated heterocycles. The van der Waals surface area contributed by atoms with Crippen LogP contribution in [-0.2, 0) is 16.1 Å². The average Bonchev–Trinajstić information content (AvgIpc) is 3.76. The highest BCUT2D eigenvalue weighted by Gasteiger charge is 2.51. The van der Waals surface area contributed by atoms with Crippen LogP contribution in [0.5, 0.6) is 0 Å². The first-order valence-corrected chi connectivity index (χ1v) is 16.4. The number of hydrogen-bond acceptors (Lipinski definition) is 4. The SMILES string of the molecule is C=S(=O)(c1ccc(F)cc1)N(CC1CC1)[C@H]1CCC2=Cc3c(cnn3-c3ccc(F)cc3)C[C@]2(C(=O)c2cc(F)ccn2)C1. The molecule has 7 rings (SSSR count). The molecule has 3 aliphatic carbocycles. The standard InChI is InChI=1S/C34H31F3N4O2S/c1-44(43,30-12-7-26(36)8-13-30)40(21-22-2-3-22)29-9-4-24-16-32-23(20-39-41(32)28-10-5-25(35)6-11-28)18-34(24,19-29)33(42)31-17-27(37)14-15-38-31/h5-8,10-17,20,22,29H,1-4,9,18-19,21H2/t29-,34-,44?/m0/s1. The maximum Gasteiger partial charge on any atom is 0.191 e. The Morgan fingerprint density at radius 3 is 2.39 bits per heavy atom. The largest absolute Gasteiger partial charge is 0.291 e. The number of ketones is 1. The van der Waals surface area contributed by atoms with Gasteiger partial charge in [0.2, 0.25) is 0 Å². The van der Waals surface area contributed by atoms with E-state index in [-0.39, 0.29) is 23.3 Å². The fraction of sp³-hybridized carbons (Fsp3) is 0.294. The summed E-state index contributed by atoms with van der Waals surface area (Å²) in [6.07, 6.45) is 8.82. The van der Waals surface area contributed by atoms with Crippen LogP contribution in [-0.4, -0.2) is 47.5 Å². The Morgan fingerprint density at radius 2 is 1.70 bits per heavy atom. The normalized spacial score (nSPS) is 22.5. The van der Waals surface area contributed by atoms with Crippen LogP contribution in [0.25, 0.3) is 11.8 Å². The van der Waals surface area contributed by atoms with Crippen LogP contribution < -0.4 is 0 Å². The fourth-order valence-corrected chi connectivity index (χ4v) is 8.68.